The number of carbonyl (C=O) groups excluding carboxylic acids is 2. The minimum Gasteiger partial charge on any atom is -0.461 e. The van der Waals surface area contributed by atoms with Crippen molar-refractivity contribution in [3.05, 3.63) is 49.1 Å². The molecule has 91 valence electrons. The number of amides is 1. The Morgan fingerprint density at radius 1 is 1.12 bits per heavy atom. The number of hydrogen-bond donors (Lipinski definition) is 1. The van der Waals surface area contributed by atoms with Crippen molar-refractivity contribution in [3.63, 3.8) is 0 Å². The number of rotatable bonds is 4. The summed E-state index contributed by atoms with van der Waals surface area (Å²) in [5.74, 6) is -0.579. The quantitative estimate of drug-likeness (QED) is 0.489. The molecule has 1 radical (unpaired) electrons. The van der Waals surface area contributed by atoms with Gasteiger partial charge in [-0.2, -0.15) is 0 Å². The molecule has 5 nitrogen and oxygen atoms in total. The fourth-order valence-corrected chi connectivity index (χ4v) is 0.749. The lowest BCUT2D eigenvalue weighted by Crippen LogP contribution is -2.25. The normalized spacial score (nSPS) is 8.24. The second-order valence-corrected chi connectivity index (χ2v) is 2.74. The molecule has 0 fully saturated rings. The van der Waals surface area contributed by atoms with Gasteiger partial charge in [0.2, 0.25) is 0 Å². The van der Waals surface area contributed by atoms with Gasteiger partial charge >= 0.3 is 12.1 Å². The maximum Gasteiger partial charge on any atom is 0.450 e. The monoisotopic (exact) mass is 236 g/mol. The topological polar surface area (TPSA) is 75.3 Å². The third-order valence-electron chi connectivity index (χ3n) is 1.45. The first-order valence-electron chi connectivity index (χ1n) is 4.91. The third-order valence-corrected chi connectivity index (χ3v) is 1.45. The summed E-state index contributed by atoms with van der Waals surface area (Å²) in [4.78, 5) is 20.1. The molecule has 1 N–H and O–H groups in total. The lowest BCUT2D eigenvalue weighted by Gasteiger charge is -1.99. The van der Waals surface area contributed by atoms with Gasteiger partial charge in [0.1, 0.15) is 6.61 Å². The number of ether oxygens (including phenoxy) is 1. The van der Waals surface area contributed by atoms with E-state index in [4.69, 9.17) is 0 Å². The van der Waals surface area contributed by atoms with Crippen LogP contribution in [-0.4, -0.2) is 25.2 Å². The highest BCUT2D eigenvalue weighted by atomic mass is 16.5. The Hall–Kier alpha value is -2.30. The molecular weight excluding hydrogens is 222 g/mol. The summed E-state index contributed by atoms with van der Waals surface area (Å²) in [7, 11) is 0. The van der Waals surface area contributed by atoms with Gasteiger partial charge in [-0.3, -0.25) is 0 Å². The Kier molecular flexibility index (Phi) is 8.84. The Balaban J connectivity index is 0.000000354. The van der Waals surface area contributed by atoms with Crippen molar-refractivity contribution in [1.82, 2.24) is 5.32 Å². The highest BCUT2D eigenvalue weighted by Gasteiger charge is 1.97. The van der Waals surface area contributed by atoms with E-state index in [0.717, 1.165) is 6.08 Å². The van der Waals surface area contributed by atoms with Gasteiger partial charge in [0, 0.05) is 6.08 Å². The van der Waals surface area contributed by atoms with Gasteiger partial charge in [-0.25, -0.2) is 14.7 Å². The van der Waals surface area contributed by atoms with Gasteiger partial charge in [-0.1, -0.05) is 43.0 Å². The first-order valence-corrected chi connectivity index (χ1v) is 4.91. The summed E-state index contributed by atoms with van der Waals surface area (Å²) < 4.78 is 4.43. The smallest absolute Gasteiger partial charge is 0.450 e. The van der Waals surface area contributed by atoms with E-state index in [1.165, 1.54) is 0 Å². The third kappa shape index (κ3) is 11.6. The molecule has 1 aromatic rings. The number of esters is 1. The molecule has 0 aliphatic carbocycles. The van der Waals surface area contributed by atoms with Crippen LogP contribution >= 0.6 is 0 Å². The second kappa shape index (κ2) is 10.2. The molecule has 1 rings (SSSR count). The van der Waals surface area contributed by atoms with Gasteiger partial charge in [-0.15, -0.1) is 0 Å². The van der Waals surface area contributed by atoms with Crippen LogP contribution in [0.5, 0.6) is 0 Å². The van der Waals surface area contributed by atoms with Crippen molar-refractivity contribution in [2.24, 2.45) is 0 Å². The molecule has 17 heavy (non-hydrogen) atoms. The van der Waals surface area contributed by atoms with Crippen LogP contribution in [0.4, 0.5) is 4.79 Å². The molecule has 0 aromatic heterocycles. The second-order valence-electron chi connectivity index (χ2n) is 2.74. The van der Waals surface area contributed by atoms with Gasteiger partial charge in [0.25, 0.3) is 0 Å². The van der Waals surface area contributed by atoms with Crippen LogP contribution < -0.4 is 5.32 Å². The Bertz CT molecular complexity index is 311. The largest absolute Gasteiger partial charge is 0.461 e. The first kappa shape index (κ1) is 14.7. The van der Waals surface area contributed by atoms with Gasteiger partial charge in [-0.05, 0) is 0 Å². The molecule has 0 spiro atoms. The van der Waals surface area contributed by atoms with E-state index in [1.54, 1.807) is 0 Å². The summed E-state index contributed by atoms with van der Waals surface area (Å²) in [5.41, 5.74) is 0. The molecule has 0 bridgehead atoms. The van der Waals surface area contributed by atoms with Crippen LogP contribution in [0.2, 0.25) is 0 Å². The van der Waals surface area contributed by atoms with Crippen LogP contribution in [0.25, 0.3) is 0 Å². The van der Waals surface area contributed by atoms with E-state index in [0.29, 0.717) is 0 Å². The average molecular weight is 236 g/mol. The number of benzene rings is 1. The molecule has 0 aliphatic rings. The van der Waals surface area contributed by atoms with Crippen LogP contribution in [0.15, 0.2) is 49.1 Å². The number of hydrogen-bond acceptors (Lipinski definition) is 3. The minimum absolute atomic E-state index is 0.0150. The van der Waals surface area contributed by atoms with Crippen LogP contribution in [-0.2, 0) is 14.6 Å². The summed E-state index contributed by atoms with van der Waals surface area (Å²) in [6.45, 7) is 3.17. The Labute approximate surface area is 99.7 Å². The molecule has 0 atom stereocenters. The van der Waals surface area contributed by atoms with Crippen LogP contribution in [0.1, 0.15) is 0 Å². The average Bonchev–Trinajstić information content (AvgIpc) is 2.37. The number of carbonyl (C=O) groups is 2. The molecule has 1 aromatic carbocycles. The Morgan fingerprint density at radius 2 is 1.59 bits per heavy atom. The van der Waals surface area contributed by atoms with E-state index < -0.39 is 12.1 Å². The summed E-state index contributed by atoms with van der Waals surface area (Å²) in [6.07, 6.45) is -0.390. The predicted octanol–water partition coefficient (Wildman–Crippen LogP) is 1.54. The van der Waals surface area contributed by atoms with E-state index >= 15 is 0 Å². The van der Waals surface area contributed by atoms with Crippen molar-refractivity contribution in [3.8, 4) is 0 Å². The van der Waals surface area contributed by atoms with Crippen molar-refractivity contribution in [1.29, 1.82) is 0 Å². The van der Waals surface area contributed by atoms with Gasteiger partial charge in [0.05, 0.1) is 6.54 Å². The molecule has 0 saturated heterocycles. The standard InChI is InChI=1S/C6H8NO4.C6H6/c1-2-5(8)11-4-3-7-6(9)10;1-2-4-6-5-3-1/h2,7H,1,3-4H2;1-6H. The van der Waals surface area contributed by atoms with Gasteiger partial charge in [0.15, 0.2) is 0 Å². The van der Waals surface area contributed by atoms with E-state index in [-0.39, 0.29) is 13.2 Å². The zero-order valence-corrected chi connectivity index (χ0v) is 9.30. The van der Waals surface area contributed by atoms with E-state index in [2.05, 4.69) is 11.3 Å². The molecule has 5 heteroatoms. The van der Waals surface area contributed by atoms with Crippen LogP contribution in [0.3, 0.4) is 0 Å². The lowest BCUT2D eigenvalue weighted by molar-refractivity contribution is -0.137. The first-order chi connectivity index (χ1) is 8.16. The maximum atomic E-state index is 10.3. The predicted molar refractivity (Wildman–Crippen MR) is 61.7 cm³/mol. The van der Waals surface area contributed by atoms with Crippen molar-refractivity contribution < 1.29 is 19.4 Å². The van der Waals surface area contributed by atoms with E-state index in [9.17, 15) is 14.7 Å². The lowest BCUT2D eigenvalue weighted by atomic mass is 10.4. The molecule has 0 heterocycles. The molecule has 1 amide bonds. The summed E-state index contributed by atoms with van der Waals surface area (Å²) in [5, 5.41) is 11.6. The summed E-state index contributed by atoms with van der Waals surface area (Å²) >= 11 is 0. The van der Waals surface area contributed by atoms with Crippen molar-refractivity contribution in [2.45, 2.75) is 0 Å². The zero-order chi connectivity index (χ0) is 12.9. The minimum atomic E-state index is -1.39. The van der Waals surface area contributed by atoms with Crippen molar-refractivity contribution in [2.75, 3.05) is 13.2 Å². The summed E-state index contributed by atoms with van der Waals surface area (Å²) in [6, 6.07) is 12.0. The highest BCUT2D eigenvalue weighted by Crippen LogP contribution is 1.80. The maximum absolute atomic E-state index is 10.3. The highest BCUT2D eigenvalue weighted by molar-refractivity contribution is 5.81. The molecular formula is C12H14NO4. The van der Waals surface area contributed by atoms with Gasteiger partial charge < -0.3 is 10.1 Å². The van der Waals surface area contributed by atoms with Crippen molar-refractivity contribution >= 4 is 12.1 Å². The molecule has 0 unspecified atom stereocenters. The zero-order valence-electron chi connectivity index (χ0n) is 9.30. The fraction of sp³-hybridized carbons (Fsp3) is 0.167. The van der Waals surface area contributed by atoms with Crippen LogP contribution in [0, 0.1) is 0 Å². The molecule has 0 saturated carbocycles. The SMILES string of the molecule is C=CC(=O)OCCNC([O])=O.c1ccccc1. The Morgan fingerprint density at radius 3 is 1.94 bits per heavy atom. The molecule has 0 aliphatic heterocycles. The number of nitrogens with one attached hydrogen (secondary N) is 1. The fourth-order valence-electron chi connectivity index (χ4n) is 0.749. The van der Waals surface area contributed by atoms with E-state index in [1.807, 2.05) is 41.7 Å².